The van der Waals surface area contributed by atoms with E-state index in [1.54, 1.807) is 0 Å². The molecule has 0 bridgehead atoms. The Hall–Kier alpha value is -1.53. The lowest BCUT2D eigenvalue weighted by atomic mass is 10.1. The van der Waals surface area contributed by atoms with Crippen LogP contribution in [-0.4, -0.2) is 13.2 Å². The molecule has 0 N–H and O–H groups in total. The van der Waals surface area contributed by atoms with E-state index >= 15 is 0 Å². The summed E-state index contributed by atoms with van der Waals surface area (Å²) in [4.78, 5) is 0. The second-order valence-electron chi connectivity index (χ2n) is 2.97. The van der Waals surface area contributed by atoms with Gasteiger partial charge in [-0.15, -0.1) is 0 Å². The summed E-state index contributed by atoms with van der Waals surface area (Å²) < 4.78 is 10.6. The van der Waals surface area contributed by atoms with Gasteiger partial charge in [0.2, 0.25) is 0 Å². The fraction of sp³-hybridized carbons (Fsp3) is 0.417. The van der Waals surface area contributed by atoms with Crippen molar-refractivity contribution in [2.45, 2.75) is 20.0 Å². The first-order chi connectivity index (χ1) is 7.31. The predicted octanol–water partition coefficient (Wildman–Crippen LogP) is 2.69. The Morgan fingerprint density at radius 2 is 2.13 bits per heavy atom. The first-order valence-corrected chi connectivity index (χ1v) is 5.05. The normalized spacial score (nSPS) is 11.8. The number of hydrogen-bond acceptors (Lipinski definition) is 3. The molecule has 0 amide bonds. The van der Waals surface area contributed by atoms with Gasteiger partial charge in [-0.05, 0) is 31.5 Å². The lowest BCUT2D eigenvalue weighted by Crippen LogP contribution is -2.02. The van der Waals surface area contributed by atoms with Gasteiger partial charge in [0.25, 0.3) is 0 Å². The van der Waals surface area contributed by atoms with Crippen molar-refractivity contribution in [2.75, 3.05) is 13.2 Å². The summed E-state index contributed by atoms with van der Waals surface area (Å²) in [6.45, 7) is 4.94. The maximum absolute atomic E-state index is 8.92. The Kier molecular flexibility index (Phi) is 4.65. The van der Waals surface area contributed by atoms with Crippen molar-refractivity contribution < 1.29 is 9.47 Å². The maximum atomic E-state index is 8.92. The van der Waals surface area contributed by atoms with E-state index in [9.17, 15) is 0 Å². The van der Waals surface area contributed by atoms with E-state index in [4.69, 9.17) is 14.7 Å². The molecule has 0 spiro atoms. The third kappa shape index (κ3) is 3.26. The number of hydrogen-bond donors (Lipinski definition) is 0. The highest BCUT2D eigenvalue weighted by molar-refractivity contribution is 5.32. The van der Waals surface area contributed by atoms with Crippen molar-refractivity contribution in [3.8, 4) is 11.8 Å². The fourth-order valence-electron chi connectivity index (χ4n) is 1.31. The number of rotatable bonds is 5. The van der Waals surface area contributed by atoms with Crippen LogP contribution >= 0.6 is 0 Å². The number of benzene rings is 1. The lowest BCUT2D eigenvalue weighted by molar-refractivity contribution is 0.102. The molecule has 0 fully saturated rings. The minimum Gasteiger partial charge on any atom is -0.494 e. The molecule has 0 saturated carbocycles. The Morgan fingerprint density at radius 1 is 1.33 bits per heavy atom. The molecule has 0 aromatic heterocycles. The number of nitrogens with zero attached hydrogens (tertiary/aromatic N) is 1. The highest BCUT2D eigenvalue weighted by atomic mass is 16.5. The molecule has 1 unspecified atom stereocenters. The van der Waals surface area contributed by atoms with Gasteiger partial charge in [-0.1, -0.05) is 12.1 Å². The van der Waals surface area contributed by atoms with E-state index in [1.807, 2.05) is 38.1 Å². The Balaban J connectivity index is 2.83. The zero-order valence-electron chi connectivity index (χ0n) is 9.06. The topological polar surface area (TPSA) is 42.2 Å². The van der Waals surface area contributed by atoms with Crippen molar-refractivity contribution in [1.29, 1.82) is 5.26 Å². The first kappa shape index (κ1) is 11.5. The smallest absolute Gasteiger partial charge is 0.169 e. The highest BCUT2D eigenvalue weighted by Crippen LogP contribution is 2.21. The average molecular weight is 205 g/mol. The summed E-state index contributed by atoms with van der Waals surface area (Å²) >= 11 is 0. The van der Waals surface area contributed by atoms with E-state index in [0.29, 0.717) is 13.2 Å². The van der Waals surface area contributed by atoms with Gasteiger partial charge < -0.3 is 9.47 Å². The number of ether oxygens (including phenoxy) is 2. The van der Waals surface area contributed by atoms with Crippen LogP contribution < -0.4 is 4.74 Å². The summed E-state index contributed by atoms with van der Waals surface area (Å²) in [7, 11) is 0. The molecule has 0 heterocycles. The molecule has 0 aliphatic heterocycles. The van der Waals surface area contributed by atoms with Gasteiger partial charge in [-0.2, -0.15) is 5.26 Å². The van der Waals surface area contributed by atoms with Gasteiger partial charge >= 0.3 is 0 Å². The quantitative estimate of drug-likeness (QED) is 0.742. The average Bonchev–Trinajstić information content (AvgIpc) is 2.27. The summed E-state index contributed by atoms with van der Waals surface area (Å²) in [5.41, 5.74) is 0.838. The minimum absolute atomic E-state index is 0.504. The Bertz CT molecular complexity index is 344. The van der Waals surface area contributed by atoms with Crippen molar-refractivity contribution in [1.82, 2.24) is 0 Å². The van der Waals surface area contributed by atoms with Crippen LogP contribution in [-0.2, 0) is 4.74 Å². The number of nitriles is 1. The third-order valence-corrected chi connectivity index (χ3v) is 1.92. The SMILES string of the molecule is CCOc1cccc(C(C#N)OCC)c1. The van der Waals surface area contributed by atoms with E-state index in [0.717, 1.165) is 11.3 Å². The van der Waals surface area contributed by atoms with Gasteiger partial charge in [-0.25, -0.2) is 0 Å². The van der Waals surface area contributed by atoms with Crippen molar-refractivity contribution in [3.63, 3.8) is 0 Å². The molecule has 1 aromatic rings. The van der Waals surface area contributed by atoms with Gasteiger partial charge in [0.1, 0.15) is 5.75 Å². The summed E-state index contributed by atoms with van der Waals surface area (Å²) in [6.07, 6.45) is -0.504. The third-order valence-electron chi connectivity index (χ3n) is 1.92. The zero-order valence-corrected chi connectivity index (χ0v) is 9.06. The molecule has 3 nitrogen and oxygen atoms in total. The molecule has 0 saturated heterocycles. The summed E-state index contributed by atoms with van der Waals surface area (Å²) in [6, 6.07) is 9.55. The molecule has 0 aliphatic carbocycles. The molecular weight excluding hydrogens is 190 g/mol. The van der Waals surface area contributed by atoms with Gasteiger partial charge in [0.15, 0.2) is 6.10 Å². The van der Waals surface area contributed by atoms with Crippen LogP contribution in [0.3, 0.4) is 0 Å². The van der Waals surface area contributed by atoms with Crippen LogP contribution in [0.25, 0.3) is 0 Å². The monoisotopic (exact) mass is 205 g/mol. The van der Waals surface area contributed by atoms with E-state index in [-0.39, 0.29) is 0 Å². The molecule has 3 heteroatoms. The van der Waals surface area contributed by atoms with Crippen molar-refractivity contribution in [2.24, 2.45) is 0 Å². The first-order valence-electron chi connectivity index (χ1n) is 5.05. The van der Waals surface area contributed by atoms with E-state index in [1.165, 1.54) is 0 Å². The summed E-state index contributed by atoms with van der Waals surface area (Å²) in [5, 5.41) is 8.92. The minimum atomic E-state index is -0.504. The molecule has 15 heavy (non-hydrogen) atoms. The summed E-state index contributed by atoms with van der Waals surface area (Å²) in [5.74, 6) is 0.773. The maximum Gasteiger partial charge on any atom is 0.169 e. The van der Waals surface area contributed by atoms with Crippen LogP contribution in [0.15, 0.2) is 24.3 Å². The largest absolute Gasteiger partial charge is 0.494 e. The molecule has 1 rings (SSSR count). The molecule has 0 aliphatic rings. The highest BCUT2D eigenvalue weighted by Gasteiger charge is 2.10. The van der Waals surface area contributed by atoms with Crippen LogP contribution in [0, 0.1) is 11.3 Å². The van der Waals surface area contributed by atoms with Gasteiger partial charge in [0.05, 0.1) is 12.7 Å². The van der Waals surface area contributed by atoms with Crippen molar-refractivity contribution in [3.05, 3.63) is 29.8 Å². The van der Waals surface area contributed by atoms with Gasteiger partial charge in [0, 0.05) is 6.61 Å². The van der Waals surface area contributed by atoms with E-state index in [2.05, 4.69) is 6.07 Å². The van der Waals surface area contributed by atoms with Crippen molar-refractivity contribution >= 4 is 0 Å². The Morgan fingerprint density at radius 3 is 2.73 bits per heavy atom. The van der Waals surface area contributed by atoms with Crippen LogP contribution in [0.5, 0.6) is 5.75 Å². The molecule has 1 aromatic carbocycles. The fourth-order valence-corrected chi connectivity index (χ4v) is 1.31. The lowest BCUT2D eigenvalue weighted by Gasteiger charge is -2.10. The molecule has 0 radical (unpaired) electrons. The Labute approximate surface area is 90.2 Å². The van der Waals surface area contributed by atoms with Crippen LogP contribution in [0.1, 0.15) is 25.5 Å². The van der Waals surface area contributed by atoms with Crippen LogP contribution in [0.4, 0.5) is 0 Å². The van der Waals surface area contributed by atoms with E-state index < -0.39 is 6.10 Å². The second kappa shape index (κ2) is 6.05. The molecule has 80 valence electrons. The van der Waals surface area contributed by atoms with Crippen LogP contribution in [0.2, 0.25) is 0 Å². The predicted molar refractivity (Wildman–Crippen MR) is 57.6 cm³/mol. The van der Waals surface area contributed by atoms with Gasteiger partial charge in [-0.3, -0.25) is 0 Å². The molecule has 1 atom stereocenters. The standard InChI is InChI=1S/C12H15NO2/c1-3-14-11-7-5-6-10(8-11)12(9-13)15-4-2/h5-8,12H,3-4H2,1-2H3. The zero-order chi connectivity index (χ0) is 11.1. The molecular formula is C12H15NO2. The second-order valence-corrected chi connectivity index (χ2v) is 2.97.